The molecule has 0 aromatic heterocycles. The van der Waals surface area contributed by atoms with E-state index >= 15 is 0 Å². The number of benzene rings is 1. The lowest BCUT2D eigenvalue weighted by Gasteiger charge is -2.17. The molecule has 1 N–H and O–H groups in total. The minimum atomic E-state index is -0.428. The summed E-state index contributed by atoms with van der Waals surface area (Å²) in [6, 6.07) is 6.49. The van der Waals surface area contributed by atoms with Crippen molar-refractivity contribution >= 4 is 5.97 Å². The van der Waals surface area contributed by atoms with Crippen LogP contribution in [0.15, 0.2) is 24.3 Å². The van der Waals surface area contributed by atoms with Crippen LogP contribution < -0.4 is 0 Å². The minimum Gasteiger partial charge on any atom is -0.507 e. The highest BCUT2D eigenvalue weighted by Gasteiger charge is 2.17. The number of unbranched alkanes of at least 4 members (excludes halogenated alkanes) is 1. The summed E-state index contributed by atoms with van der Waals surface area (Å²) in [5.41, 5.74) is 0.245. The van der Waals surface area contributed by atoms with Gasteiger partial charge in [0.05, 0.1) is 0 Å². The van der Waals surface area contributed by atoms with Crippen molar-refractivity contribution in [3.05, 3.63) is 29.8 Å². The lowest BCUT2D eigenvalue weighted by Crippen LogP contribution is -2.18. The summed E-state index contributed by atoms with van der Waals surface area (Å²) in [4.78, 5) is 11.9. The van der Waals surface area contributed by atoms with E-state index in [9.17, 15) is 9.90 Å². The third-order valence-corrected chi connectivity index (χ3v) is 2.89. The summed E-state index contributed by atoms with van der Waals surface area (Å²) < 4.78 is 5.46. The van der Waals surface area contributed by atoms with Gasteiger partial charge in [0.25, 0.3) is 0 Å². The molecule has 3 heteroatoms. The third kappa shape index (κ3) is 4.40. The van der Waals surface area contributed by atoms with E-state index in [1.165, 1.54) is 6.07 Å². The molecule has 0 radical (unpaired) electrons. The monoisotopic (exact) mass is 250 g/mol. The quantitative estimate of drug-likeness (QED) is 0.746. The molecule has 1 atom stereocenters. The molecule has 0 spiro atoms. The molecule has 0 heterocycles. The van der Waals surface area contributed by atoms with Gasteiger partial charge in [0.2, 0.25) is 0 Å². The molecule has 1 aromatic carbocycles. The van der Waals surface area contributed by atoms with Crippen LogP contribution in [0.3, 0.4) is 0 Å². The van der Waals surface area contributed by atoms with E-state index < -0.39 is 5.97 Å². The van der Waals surface area contributed by atoms with Gasteiger partial charge in [-0.25, -0.2) is 4.79 Å². The Hall–Kier alpha value is -1.51. The van der Waals surface area contributed by atoms with Gasteiger partial charge in [-0.2, -0.15) is 0 Å². The van der Waals surface area contributed by atoms with Gasteiger partial charge in [-0.05, 0) is 25.0 Å². The molecule has 0 saturated carbocycles. The Balaban J connectivity index is 2.63. The smallest absolute Gasteiger partial charge is 0.342 e. The van der Waals surface area contributed by atoms with Gasteiger partial charge in [0, 0.05) is 0 Å². The Morgan fingerprint density at radius 2 is 1.94 bits per heavy atom. The topological polar surface area (TPSA) is 46.5 Å². The minimum absolute atomic E-state index is 0.0201. The Morgan fingerprint density at radius 3 is 2.56 bits per heavy atom. The number of carbonyl (C=O) groups is 1. The van der Waals surface area contributed by atoms with Crippen LogP contribution in [0.4, 0.5) is 0 Å². The normalized spacial score (nSPS) is 12.1. The molecular weight excluding hydrogens is 228 g/mol. The van der Waals surface area contributed by atoms with E-state index in [-0.39, 0.29) is 17.4 Å². The number of para-hydroxylation sites is 1. The van der Waals surface area contributed by atoms with Gasteiger partial charge in [0.15, 0.2) is 0 Å². The molecule has 0 aliphatic carbocycles. The maximum absolute atomic E-state index is 11.9. The second-order valence-electron chi connectivity index (χ2n) is 4.48. The van der Waals surface area contributed by atoms with Crippen molar-refractivity contribution in [1.29, 1.82) is 0 Å². The molecule has 3 nitrogen and oxygen atoms in total. The van der Waals surface area contributed by atoms with Crippen LogP contribution >= 0.6 is 0 Å². The van der Waals surface area contributed by atoms with Crippen molar-refractivity contribution in [2.75, 3.05) is 0 Å². The number of ether oxygens (including phenoxy) is 1. The van der Waals surface area contributed by atoms with Gasteiger partial charge < -0.3 is 9.84 Å². The number of aromatic hydroxyl groups is 1. The summed E-state index contributed by atoms with van der Waals surface area (Å²) in [7, 11) is 0. The molecule has 1 rings (SSSR count). The van der Waals surface area contributed by atoms with Gasteiger partial charge in [0.1, 0.15) is 17.4 Å². The fraction of sp³-hybridized carbons (Fsp3) is 0.533. The Labute approximate surface area is 109 Å². The van der Waals surface area contributed by atoms with Crippen molar-refractivity contribution in [3.8, 4) is 5.75 Å². The van der Waals surface area contributed by atoms with E-state index in [1.807, 2.05) is 0 Å². The van der Waals surface area contributed by atoms with Crippen LogP contribution in [0.5, 0.6) is 5.75 Å². The average Bonchev–Trinajstić information content (AvgIpc) is 2.36. The van der Waals surface area contributed by atoms with Crippen LogP contribution in [0.25, 0.3) is 0 Å². The van der Waals surface area contributed by atoms with Gasteiger partial charge >= 0.3 is 5.97 Å². The van der Waals surface area contributed by atoms with Crippen LogP contribution in [0, 0.1) is 0 Å². The highest BCUT2D eigenvalue weighted by molar-refractivity contribution is 5.92. The third-order valence-electron chi connectivity index (χ3n) is 2.89. The molecule has 0 aliphatic rings. The average molecular weight is 250 g/mol. The molecule has 18 heavy (non-hydrogen) atoms. The predicted octanol–water partition coefficient (Wildman–Crippen LogP) is 3.91. The fourth-order valence-electron chi connectivity index (χ4n) is 1.88. The van der Waals surface area contributed by atoms with Crippen LogP contribution in [-0.4, -0.2) is 17.2 Å². The SMILES string of the molecule is CCCCC(CCC)OC(=O)c1ccccc1O. The number of phenols is 1. The predicted molar refractivity (Wildman–Crippen MR) is 71.7 cm³/mol. The number of rotatable bonds is 7. The lowest BCUT2D eigenvalue weighted by atomic mass is 10.1. The standard InChI is InChI=1S/C15H22O3/c1-3-5-9-12(8-4-2)18-15(17)13-10-6-7-11-14(13)16/h6-7,10-12,16H,3-5,8-9H2,1-2H3. The van der Waals surface area contributed by atoms with E-state index in [1.54, 1.807) is 18.2 Å². The molecule has 0 bridgehead atoms. The maximum Gasteiger partial charge on any atom is 0.342 e. The molecule has 1 aromatic rings. The second kappa shape index (κ2) is 7.75. The van der Waals surface area contributed by atoms with Crippen molar-refractivity contribution in [3.63, 3.8) is 0 Å². The van der Waals surface area contributed by atoms with E-state index in [0.717, 1.165) is 32.1 Å². The van der Waals surface area contributed by atoms with Crippen LogP contribution in [-0.2, 0) is 4.74 Å². The number of carbonyl (C=O) groups excluding carboxylic acids is 1. The zero-order valence-electron chi connectivity index (χ0n) is 11.2. The second-order valence-corrected chi connectivity index (χ2v) is 4.48. The van der Waals surface area contributed by atoms with Crippen LogP contribution in [0.1, 0.15) is 56.3 Å². The molecule has 100 valence electrons. The summed E-state index contributed by atoms with van der Waals surface area (Å²) >= 11 is 0. The first-order valence-corrected chi connectivity index (χ1v) is 6.68. The molecule has 0 fully saturated rings. The van der Waals surface area contributed by atoms with Gasteiger partial charge in [-0.1, -0.05) is 45.2 Å². The fourth-order valence-corrected chi connectivity index (χ4v) is 1.88. The Bertz CT molecular complexity index is 374. The first kappa shape index (κ1) is 14.6. The molecule has 1 unspecified atom stereocenters. The van der Waals surface area contributed by atoms with Crippen molar-refractivity contribution in [1.82, 2.24) is 0 Å². The lowest BCUT2D eigenvalue weighted by molar-refractivity contribution is 0.0252. The van der Waals surface area contributed by atoms with Gasteiger partial charge in [-0.3, -0.25) is 0 Å². The van der Waals surface area contributed by atoms with Crippen LogP contribution in [0.2, 0.25) is 0 Å². The first-order valence-electron chi connectivity index (χ1n) is 6.68. The summed E-state index contributed by atoms with van der Waals surface area (Å²) in [5.74, 6) is -0.448. The number of hydrogen-bond donors (Lipinski definition) is 1. The molecule has 0 saturated heterocycles. The number of esters is 1. The summed E-state index contributed by atoms with van der Waals surface area (Å²) in [6.07, 6.45) is 4.86. The Morgan fingerprint density at radius 1 is 1.22 bits per heavy atom. The van der Waals surface area contributed by atoms with E-state index in [2.05, 4.69) is 13.8 Å². The first-order chi connectivity index (χ1) is 8.69. The summed E-state index contributed by atoms with van der Waals surface area (Å²) in [6.45, 7) is 4.20. The van der Waals surface area contributed by atoms with Crippen molar-refractivity contribution in [2.24, 2.45) is 0 Å². The highest BCUT2D eigenvalue weighted by Crippen LogP contribution is 2.19. The summed E-state index contributed by atoms with van der Waals surface area (Å²) in [5, 5.41) is 9.60. The molecule has 0 amide bonds. The van der Waals surface area contributed by atoms with Crippen molar-refractivity contribution < 1.29 is 14.6 Å². The number of phenolic OH excluding ortho intramolecular Hbond substituents is 1. The maximum atomic E-state index is 11.9. The zero-order chi connectivity index (χ0) is 13.4. The molecular formula is C15H22O3. The number of hydrogen-bond acceptors (Lipinski definition) is 3. The Kier molecular flexibility index (Phi) is 6.26. The largest absolute Gasteiger partial charge is 0.507 e. The van der Waals surface area contributed by atoms with Gasteiger partial charge in [-0.15, -0.1) is 0 Å². The zero-order valence-corrected chi connectivity index (χ0v) is 11.2. The van der Waals surface area contributed by atoms with E-state index in [4.69, 9.17) is 4.74 Å². The highest BCUT2D eigenvalue weighted by atomic mass is 16.5. The molecule has 0 aliphatic heterocycles. The van der Waals surface area contributed by atoms with Crippen molar-refractivity contribution in [2.45, 2.75) is 52.1 Å². The van der Waals surface area contributed by atoms with E-state index in [0.29, 0.717) is 0 Å².